The summed E-state index contributed by atoms with van der Waals surface area (Å²) < 4.78 is 0. The van der Waals surface area contributed by atoms with E-state index >= 15 is 0 Å². The fraction of sp³-hybridized carbons (Fsp3) is 0.200. The first-order valence-electron chi connectivity index (χ1n) is 2.93. The lowest BCUT2D eigenvalue weighted by Crippen LogP contribution is -2.30. The number of nitrogens with zero attached hydrogens (tertiary/aromatic N) is 4. The van der Waals surface area contributed by atoms with E-state index in [1.54, 1.807) is 0 Å². The van der Waals surface area contributed by atoms with E-state index in [0.29, 0.717) is 5.71 Å². The second-order valence-corrected chi connectivity index (χ2v) is 3.31. The van der Waals surface area contributed by atoms with Crippen molar-refractivity contribution in [1.29, 1.82) is 0 Å². The van der Waals surface area contributed by atoms with Gasteiger partial charge in [-0.2, -0.15) is 0 Å². The van der Waals surface area contributed by atoms with Gasteiger partial charge in [-0.1, -0.05) is 11.6 Å². The minimum Gasteiger partial charge on any atom is -0.225 e. The molecule has 12 heavy (non-hydrogen) atoms. The number of fused-ring (bicyclic) bond motifs is 1. The zero-order valence-electron chi connectivity index (χ0n) is 5.50. The number of hydrogen-bond acceptors (Lipinski definition) is 4. The van der Waals surface area contributed by atoms with Gasteiger partial charge in [-0.25, -0.2) is 20.0 Å². The zero-order valence-corrected chi connectivity index (χ0v) is 7.77. The molecular formula is C5HCl3N4. The first-order valence-corrected chi connectivity index (χ1v) is 4.06. The Morgan fingerprint density at radius 1 is 1.17 bits per heavy atom. The number of rotatable bonds is 0. The van der Waals surface area contributed by atoms with Crippen LogP contribution in [0.1, 0.15) is 0 Å². The number of aliphatic imine (C=N–C) groups is 4. The molecule has 0 radical (unpaired) electrons. The van der Waals surface area contributed by atoms with Gasteiger partial charge < -0.3 is 0 Å². The van der Waals surface area contributed by atoms with Gasteiger partial charge in [-0.05, 0) is 23.2 Å². The topological polar surface area (TPSA) is 49.4 Å². The highest BCUT2D eigenvalue weighted by atomic mass is 35.5. The summed E-state index contributed by atoms with van der Waals surface area (Å²) in [5.74, 6) is 0. The van der Waals surface area contributed by atoms with Crippen LogP contribution in [0.4, 0.5) is 0 Å². The van der Waals surface area contributed by atoms with Crippen molar-refractivity contribution in [2.75, 3.05) is 0 Å². The third-order valence-corrected chi connectivity index (χ3v) is 2.03. The van der Waals surface area contributed by atoms with Crippen LogP contribution in [0.2, 0.25) is 0 Å². The van der Waals surface area contributed by atoms with Gasteiger partial charge in [-0.3, -0.25) is 0 Å². The smallest absolute Gasteiger partial charge is 0.225 e. The number of halogens is 3. The van der Waals surface area contributed by atoms with Crippen LogP contribution in [-0.4, -0.2) is 27.6 Å². The highest BCUT2D eigenvalue weighted by Gasteiger charge is 2.39. The van der Waals surface area contributed by atoms with Gasteiger partial charge in [0, 0.05) is 0 Å². The van der Waals surface area contributed by atoms with Crippen molar-refractivity contribution in [2.45, 2.75) is 5.12 Å². The summed E-state index contributed by atoms with van der Waals surface area (Å²) in [6.07, 6.45) is 1.39. The third-order valence-electron chi connectivity index (χ3n) is 1.31. The summed E-state index contributed by atoms with van der Waals surface area (Å²) in [5, 5.41) is -1.18. The van der Waals surface area contributed by atoms with E-state index in [-0.39, 0.29) is 10.6 Å². The molecule has 2 aliphatic rings. The van der Waals surface area contributed by atoms with E-state index in [9.17, 15) is 0 Å². The van der Waals surface area contributed by atoms with Crippen LogP contribution in [-0.2, 0) is 0 Å². The fourth-order valence-electron chi connectivity index (χ4n) is 0.834. The van der Waals surface area contributed by atoms with Crippen LogP contribution in [0.15, 0.2) is 20.0 Å². The molecule has 0 aromatic rings. The molecule has 0 aromatic carbocycles. The fourth-order valence-corrected chi connectivity index (χ4v) is 1.56. The second kappa shape index (κ2) is 2.52. The Bertz CT molecular complexity index is 356. The predicted octanol–water partition coefficient (Wildman–Crippen LogP) is 1.61. The predicted molar refractivity (Wildman–Crippen MR) is 51.1 cm³/mol. The quantitative estimate of drug-likeness (QED) is 0.442. The molecule has 0 bridgehead atoms. The average Bonchev–Trinajstić information content (AvgIpc) is 2.22. The lowest BCUT2D eigenvalue weighted by atomic mass is 10.3. The molecule has 0 N–H and O–H groups in total. The van der Waals surface area contributed by atoms with Crippen LogP contribution in [0.3, 0.4) is 0 Å². The molecule has 0 spiro atoms. The van der Waals surface area contributed by atoms with Crippen LogP contribution in [0.25, 0.3) is 0 Å². The minimum absolute atomic E-state index is 0.0408. The van der Waals surface area contributed by atoms with Gasteiger partial charge >= 0.3 is 0 Å². The van der Waals surface area contributed by atoms with Gasteiger partial charge in [0.05, 0.1) is 6.21 Å². The lowest BCUT2D eigenvalue weighted by Gasteiger charge is -2.14. The van der Waals surface area contributed by atoms with Crippen molar-refractivity contribution in [1.82, 2.24) is 0 Å². The molecule has 0 saturated heterocycles. The van der Waals surface area contributed by atoms with E-state index in [1.165, 1.54) is 6.21 Å². The molecule has 2 aliphatic heterocycles. The van der Waals surface area contributed by atoms with E-state index < -0.39 is 5.12 Å². The van der Waals surface area contributed by atoms with Gasteiger partial charge in [0.15, 0.2) is 0 Å². The second-order valence-electron chi connectivity index (χ2n) is 2.10. The first-order chi connectivity index (χ1) is 5.60. The number of hydrogen-bond donors (Lipinski definition) is 0. The van der Waals surface area contributed by atoms with E-state index in [1.807, 2.05) is 0 Å². The molecule has 2 rings (SSSR count). The molecule has 7 heteroatoms. The Labute approximate surface area is 82.7 Å². The largest absolute Gasteiger partial charge is 0.276 e. The first kappa shape index (κ1) is 8.16. The number of amidine groups is 2. The average molecular weight is 223 g/mol. The molecule has 1 unspecified atom stereocenters. The van der Waals surface area contributed by atoms with E-state index in [4.69, 9.17) is 34.8 Å². The minimum atomic E-state index is -1.28. The normalized spacial score (nSPS) is 32.4. The van der Waals surface area contributed by atoms with Crippen molar-refractivity contribution < 1.29 is 0 Å². The Morgan fingerprint density at radius 3 is 2.58 bits per heavy atom. The van der Waals surface area contributed by atoms with Crippen LogP contribution < -0.4 is 0 Å². The van der Waals surface area contributed by atoms with Gasteiger partial charge in [0.1, 0.15) is 5.71 Å². The summed E-state index contributed by atoms with van der Waals surface area (Å²) in [6.45, 7) is 0. The summed E-state index contributed by atoms with van der Waals surface area (Å²) in [5.41, 5.74) is 0.388. The highest BCUT2D eigenvalue weighted by molar-refractivity contribution is 6.72. The summed E-state index contributed by atoms with van der Waals surface area (Å²) in [4.78, 5) is 15.0. The molecule has 4 nitrogen and oxygen atoms in total. The molecule has 1 atom stereocenters. The Kier molecular flexibility index (Phi) is 1.71. The lowest BCUT2D eigenvalue weighted by molar-refractivity contribution is 0.861. The summed E-state index contributed by atoms with van der Waals surface area (Å²) >= 11 is 16.9. The van der Waals surface area contributed by atoms with Crippen molar-refractivity contribution in [2.24, 2.45) is 20.0 Å². The van der Waals surface area contributed by atoms with Crippen LogP contribution >= 0.6 is 34.8 Å². The highest BCUT2D eigenvalue weighted by Crippen LogP contribution is 2.29. The molecule has 0 saturated carbocycles. The van der Waals surface area contributed by atoms with Gasteiger partial charge in [-0.15, -0.1) is 0 Å². The maximum atomic E-state index is 5.90. The molecule has 0 aliphatic carbocycles. The zero-order chi connectivity index (χ0) is 8.77. The molecule has 0 fully saturated rings. The number of alkyl halides is 1. The Balaban J connectivity index is 2.52. The maximum Gasteiger partial charge on any atom is 0.276 e. The van der Waals surface area contributed by atoms with Crippen molar-refractivity contribution in [3.63, 3.8) is 0 Å². The standard InChI is InChI=1S/C5HCl3N4/c6-3-9-1-2-5(8,11-3)12-4(7)10-2/h1H. The van der Waals surface area contributed by atoms with Crippen molar-refractivity contribution in [3.05, 3.63) is 0 Å². The molecular weight excluding hydrogens is 222 g/mol. The van der Waals surface area contributed by atoms with E-state index in [2.05, 4.69) is 20.0 Å². The Hall–Kier alpha value is -0.450. The molecule has 0 aromatic heterocycles. The van der Waals surface area contributed by atoms with Gasteiger partial charge in [0.25, 0.3) is 5.12 Å². The van der Waals surface area contributed by atoms with Gasteiger partial charge in [0.2, 0.25) is 10.6 Å². The molecule has 2 heterocycles. The van der Waals surface area contributed by atoms with Crippen LogP contribution in [0, 0.1) is 0 Å². The summed E-state index contributed by atoms with van der Waals surface area (Å²) in [6, 6.07) is 0. The van der Waals surface area contributed by atoms with Crippen molar-refractivity contribution >= 4 is 57.3 Å². The molecule has 62 valence electrons. The maximum absolute atomic E-state index is 5.90. The Morgan fingerprint density at radius 2 is 1.83 bits per heavy atom. The molecule has 0 amide bonds. The van der Waals surface area contributed by atoms with Crippen LogP contribution in [0.5, 0.6) is 0 Å². The third kappa shape index (κ3) is 1.16. The SMILES string of the molecule is ClC1=NC2(Cl)N=C(Cl)N=C2C=N1. The van der Waals surface area contributed by atoms with E-state index in [0.717, 1.165) is 0 Å². The van der Waals surface area contributed by atoms with Crippen molar-refractivity contribution in [3.8, 4) is 0 Å². The summed E-state index contributed by atoms with van der Waals surface area (Å²) in [7, 11) is 0. The monoisotopic (exact) mass is 222 g/mol.